The summed E-state index contributed by atoms with van der Waals surface area (Å²) in [5.74, 6) is -0.164. The van der Waals surface area contributed by atoms with Crippen LogP contribution in [-0.2, 0) is 4.79 Å². The Morgan fingerprint density at radius 1 is 1.53 bits per heavy atom. The molecule has 0 spiro atoms. The predicted octanol–water partition coefficient (Wildman–Crippen LogP) is 2.12. The SMILES string of the molecule is CSc1cccc(NC(=O)[C@H](C)N)c1.Cl. The third kappa shape index (κ3) is 4.55. The largest absolute Gasteiger partial charge is 0.325 e. The molecule has 0 aliphatic carbocycles. The lowest BCUT2D eigenvalue weighted by Crippen LogP contribution is -2.32. The van der Waals surface area contributed by atoms with Crippen molar-refractivity contribution in [3.05, 3.63) is 24.3 Å². The number of anilines is 1. The van der Waals surface area contributed by atoms with Crippen LogP contribution in [0.1, 0.15) is 6.92 Å². The summed E-state index contributed by atoms with van der Waals surface area (Å²) in [7, 11) is 0. The predicted molar refractivity (Wildman–Crippen MR) is 67.8 cm³/mol. The number of nitrogens with one attached hydrogen (secondary N) is 1. The number of thioether (sulfide) groups is 1. The van der Waals surface area contributed by atoms with Crippen molar-refractivity contribution in [2.24, 2.45) is 5.73 Å². The zero-order valence-electron chi connectivity index (χ0n) is 8.69. The summed E-state index contributed by atoms with van der Waals surface area (Å²) >= 11 is 1.64. The van der Waals surface area contributed by atoms with E-state index < -0.39 is 6.04 Å². The van der Waals surface area contributed by atoms with Crippen molar-refractivity contribution in [1.29, 1.82) is 0 Å². The fourth-order valence-electron chi connectivity index (χ4n) is 0.957. The molecule has 0 fully saturated rings. The minimum atomic E-state index is -0.479. The Morgan fingerprint density at radius 3 is 2.73 bits per heavy atom. The molecule has 1 amide bonds. The van der Waals surface area contributed by atoms with Crippen LogP contribution in [0.3, 0.4) is 0 Å². The van der Waals surface area contributed by atoms with Gasteiger partial charge in [0.15, 0.2) is 0 Å². The molecule has 3 nitrogen and oxygen atoms in total. The van der Waals surface area contributed by atoms with Crippen LogP contribution in [0.2, 0.25) is 0 Å². The van der Waals surface area contributed by atoms with E-state index in [1.165, 1.54) is 0 Å². The molecule has 0 saturated carbocycles. The van der Waals surface area contributed by atoms with E-state index >= 15 is 0 Å². The van der Waals surface area contributed by atoms with Gasteiger partial charge < -0.3 is 11.1 Å². The molecule has 1 rings (SSSR count). The zero-order chi connectivity index (χ0) is 10.6. The average molecular weight is 247 g/mol. The van der Waals surface area contributed by atoms with Crippen LogP contribution >= 0.6 is 24.2 Å². The average Bonchev–Trinajstić information content (AvgIpc) is 2.18. The van der Waals surface area contributed by atoms with Crippen LogP contribution in [0, 0.1) is 0 Å². The monoisotopic (exact) mass is 246 g/mol. The first kappa shape index (κ1) is 14.3. The number of halogens is 1. The van der Waals surface area contributed by atoms with Gasteiger partial charge in [0.2, 0.25) is 5.91 Å². The van der Waals surface area contributed by atoms with Crippen molar-refractivity contribution >= 4 is 35.8 Å². The van der Waals surface area contributed by atoms with Gasteiger partial charge in [0.25, 0.3) is 0 Å². The van der Waals surface area contributed by atoms with E-state index in [1.807, 2.05) is 30.5 Å². The lowest BCUT2D eigenvalue weighted by molar-refractivity contribution is -0.117. The molecule has 0 saturated heterocycles. The molecule has 84 valence electrons. The maximum Gasteiger partial charge on any atom is 0.240 e. The molecule has 0 heterocycles. The first-order valence-electron chi connectivity index (χ1n) is 4.34. The fourth-order valence-corrected chi connectivity index (χ4v) is 1.42. The molecular formula is C10H15ClN2OS. The Balaban J connectivity index is 0.00000196. The Bertz CT molecular complexity index is 331. The molecule has 3 N–H and O–H groups in total. The van der Waals surface area contributed by atoms with Gasteiger partial charge in [0.05, 0.1) is 6.04 Å². The molecular weight excluding hydrogens is 232 g/mol. The van der Waals surface area contributed by atoms with Gasteiger partial charge in [-0.1, -0.05) is 6.07 Å². The van der Waals surface area contributed by atoms with Gasteiger partial charge in [-0.15, -0.1) is 24.2 Å². The molecule has 0 unspecified atom stereocenters. The Morgan fingerprint density at radius 2 is 2.20 bits per heavy atom. The number of amides is 1. The second kappa shape index (κ2) is 6.71. The minimum Gasteiger partial charge on any atom is -0.325 e. The van der Waals surface area contributed by atoms with E-state index in [0.717, 1.165) is 10.6 Å². The van der Waals surface area contributed by atoms with Gasteiger partial charge in [-0.25, -0.2) is 0 Å². The quantitative estimate of drug-likeness (QED) is 0.804. The van der Waals surface area contributed by atoms with Crippen molar-refractivity contribution in [2.75, 3.05) is 11.6 Å². The third-order valence-corrected chi connectivity index (χ3v) is 2.48. The highest BCUT2D eigenvalue weighted by Gasteiger charge is 2.06. The van der Waals surface area contributed by atoms with E-state index in [2.05, 4.69) is 5.32 Å². The van der Waals surface area contributed by atoms with E-state index in [4.69, 9.17) is 5.73 Å². The number of hydrogen-bond donors (Lipinski definition) is 2. The molecule has 1 aromatic rings. The summed E-state index contributed by atoms with van der Waals surface area (Å²) < 4.78 is 0. The summed E-state index contributed by atoms with van der Waals surface area (Å²) in [6.07, 6.45) is 1.99. The van der Waals surface area contributed by atoms with Crippen molar-refractivity contribution in [2.45, 2.75) is 17.9 Å². The molecule has 0 aliphatic heterocycles. The lowest BCUT2D eigenvalue weighted by atomic mass is 10.3. The van der Waals surface area contributed by atoms with Gasteiger partial charge in [0, 0.05) is 10.6 Å². The smallest absolute Gasteiger partial charge is 0.240 e. The molecule has 0 aromatic heterocycles. The van der Waals surface area contributed by atoms with Gasteiger partial charge in [-0.05, 0) is 31.4 Å². The number of nitrogens with two attached hydrogens (primary N) is 1. The van der Waals surface area contributed by atoms with Crippen LogP contribution in [-0.4, -0.2) is 18.2 Å². The Hall–Kier alpha value is -0.710. The van der Waals surface area contributed by atoms with Crippen LogP contribution in [0.5, 0.6) is 0 Å². The number of benzene rings is 1. The fraction of sp³-hybridized carbons (Fsp3) is 0.300. The van der Waals surface area contributed by atoms with Crippen molar-refractivity contribution in [3.8, 4) is 0 Å². The van der Waals surface area contributed by atoms with E-state index in [-0.39, 0.29) is 18.3 Å². The topological polar surface area (TPSA) is 55.1 Å². The summed E-state index contributed by atoms with van der Waals surface area (Å²) in [5.41, 5.74) is 6.23. The maximum absolute atomic E-state index is 11.3. The number of rotatable bonds is 3. The second-order valence-corrected chi connectivity index (χ2v) is 3.89. The van der Waals surface area contributed by atoms with Gasteiger partial charge >= 0.3 is 0 Å². The lowest BCUT2D eigenvalue weighted by Gasteiger charge is -2.08. The van der Waals surface area contributed by atoms with Crippen LogP contribution in [0.25, 0.3) is 0 Å². The highest BCUT2D eigenvalue weighted by Crippen LogP contribution is 2.18. The maximum atomic E-state index is 11.3. The van der Waals surface area contributed by atoms with Gasteiger partial charge in [-0.2, -0.15) is 0 Å². The molecule has 1 aromatic carbocycles. The third-order valence-electron chi connectivity index (χ3n) is 1.75. The molecule has 15 heavy (non-hydrogen) atoms. The first-order valence-corrected chi connectivity index (χ1v) is 5.56. The van der Waals surface area contributed by atoms with Crippen LogP contribution < -0.4 is 11.1 Å². The molecule has 0 radical (unpaired) electrons. The summed E-state index contributed by atoms with van der Waals surface area (Å²) in [5, 5.41) is 2.74. The number of carbonyl (C=O) groups excluding carboxylic acids is 1. The van der Waals surface area contributed by atoms with E-state index in [1.54, 1.807) is 18.7 Å². The normalized spacial score (nSPS) is 11.4. The zero-order valence-corrected chi connectivity index (χ0v) is 10.3. The second-order valence-electron chi connectivity index (χ2n) is 3.01. The van der Waals surface area contributed by atoms with Crippen molar-refractivity contribution in [3.63, 3.8) is 0 Å². The van der Waals surface area contributed by atoms with Crippen molar-refractivity contribution < 1.29 is 4.79 Å². The highest BCUT2D eigenvalue weighted by molar-refractivity contribution is 7.98. The number of carbonyl (C=O) groups is 1. The molecule has 0 aliphatic rings. The Labute approximate surface area is 100 Å². The summed E-state index contributed by atoms with van der Waals surface area (Å²) in [4.78, 5) is 12.4. The molecule has 1 atom stereocenters. The van der Waals surface area contributed by atoms with Crippen LogP contribution in [0.4, 0.5) is 5.69 Å². The van der Waals surface area contributed by atoms with Crippen molar-refractivity contribution in [1.82, 2.24) is 0 Å². The van der Waals surface area contributed by atoms with E-state index in [0.29, 0.717) is 0 Å². The number of hydrogen-bond acceptors (Lipinski definition) is 3. The first-order chi connectivity index (χ1) is 6.63. The van der Waals surface area contributed by atoms with Gasteiger partial charge in [0.1, 0.15) is 0 Å². The summed E-state index contributed by atoms with van der Waals surface area (Å²) in [6.45, 7) is 1.66. The van der Waals surface area contributed by atoms with Gasteiger partial charge in [-0.3, -0.25) is 4.79 Å². The van der Waals surface area contributed by atoms with E-state index in [9.17, 15) is 4.79 Å². The minimum absolute atomic E-state index is 0. The van der Waals surface area contributed by atoms with Crippen LogP contribution in [0.15, 0.2) is 29.2 Å². The molecule has 5 heteroatoms. The summed E-state index contributed by atoms with van der Waals surface area (Å²) in [6, 6.07) is 7.19. The molecule has 0 bridgehead atoms. The standard InChI is InChI=1S/C10H14N2OS.ClH/c1-7(11)10(13)12-8-4-3-5-9(6-8)14-2;/h3-7H,11H2,1-2H3,(H,12,13);1H/t7-;/m0./s1. The highest BCUT2D eigenvalue weighted by atomic mass is 35.5. The Kier molecular flexibility index (Phi) is 6.40.